The van der Waals surface area contributed by atoms with E-state index in [0.717, 1.165) is 10.5 Å². The maximum absolute atomic E-state index is 12.7. The zero-order valence-electron chi connectivity index (χ0n) is 16.4. The van der Waals surface area contributed by atoms with Gasteiger partial charge in [-0.2, -0.15) is 0 Å². The number of fused-ring (bicyclic) bond motifs is 2. The highest BCUT2D eigenvalue weighted by atomic mass is 35.5. The van der Waals surface area contributed by atoms with E-state index in [4.69, 9.17) is 27.9 Å². The van der Waals surface area contributed by atoms with Crippen LogP contribution in [0.25, 0.3) is 10.9 Å². The highest BCUT2D eigenvalue weighted by Gasteiger charge is 2.42. The summed E-state index contributed by atoms with van der Waals surface area (Å²) in [7, 11) is 0. The molecule has 1 atom stereocenters. The van der Waals surface area contributed by atoms with Crippen molar-refractivity contribution < 1.29 is 19.1 Å². The fourth-order valence-corrected chi connectivity index (χ4v) is 3.72. The van der Waals surface area contributed by atoms with E-state index in [2.05, 4.69) is 9.97 Å². The normalized spacial score (nSPS) is 14.1. The number of H-pyrrole nitrogens is 1. The van der Waals surface area contributed by atoms with Crippen LogP contribution in [0.2, 0.25) is 10.0 Å². The fraction of sp³-hybridized carbons (Fsp3) is 0.190. The first-order valence-electron chi connectivity index (χ1n) is 9.21. The van der Waals surface area contributed by atoms with E-state index in [9.17, 15) is 19.2 Å². The van der Waals surface area contributed by atoms with Crippen LogP contribution in [0.5, 0.6) is 0 Å². The molecule has 2 aromatic carbocycles. The Kier molecular flexibility index (Phi) is 5.28. The van der Waals surface area contributed by atoms with Crippen molar-refractivity contribution in [3.8, 4) is 0 Å². The summed E-state index contributed by atoms with van der Waals surface area (Å²) in [5.41, 5.74) is 1.07. The van der Waals surface area contributed by atoms with E-state index in [0.29, 0.717) is 10.9 Å². The minimum Gasteiger partial charge on any atom is -0.456 e. The zero-order chi connectivity index (χ0) is 22.4. The highest BCUT2D eigenvalue weighted by molar-refractivity contribution is 6.43. The van der Waals surface area contributed by atoms with Crippen LogP contribution in [0.3, 0.4) is 0 Å². The summed E-state index contributed by atoms with van der Waals surface area (Å²) in [6.45, 7) is 2.85. The molecular formula is C21H15Cl2N3O5. The van der Waals surface area contributed by atoms with Gasteiger partial charge >= 0.3 is 5.97 Å². The van der Waals surface area contributed by atoms with Gasteiger partial charge in [-0.1, -0.05) is 35.3 Å². The number of benzene rings is 2. The van der Waals surface area contributed by atoms with Crippen molar-refractivity contribution in [2.75, 3.05) is 0 Å². The van der Waals surface area contributed by atoms with Crippen LogP contribution in [0.1, 0.15) is 39.0 Å². The van der Waals surface area contributed by atoms with Crippen molar-refractivity contribution in [1.29, 1.82) is 0 Å². The minimum absolute atomic E-state index is 0.0649. The van der Waals surface area contributed by atoms with Gasteiger partial charge in [-0.15, -0.1) is 0 Å². The molecule has 4 rings (SSSR count). The van der Waals surface area contributed by atoms with Gasteiger partial charge in [0.1, 0.15) is 18.5 Å². The molecule has 8 nitrogen and oxygen atoms in total. The summed E-state index contributed by atoms with van der Waals surface area (Å²) < 4.78 is 5.22. The maximum atomic E-state index is 12.7. The summed E-state index contributed by atoms with van der Waals surface area (Å²) in [6, 6.07) is 6.59. The van der Waals surface area contributed by atoms with Crippen LogP contribution >= 0.6 is 23.2 Å². The quantitative estimate of drug-likeness (QED) is 0.473. The number of amides is 2. The molecule has 158 valence electrons. The predicted octanol–water partition coefficient (Wildman–Crippen LogP) is 3.27. The monoisotopic (exact) mass is 459 g/mol. The Morgan fingerprint density at radius 1 is 1.13 bits per heavy atom. The van der Waals surface area contributed by atoms with Crippen molar-refractivity contribution in [2.24, 2.45) is 0 Å². The maximum Gasteiger partial charge on any atom is 0.329 e. The van der Waals surface area contributed by atoms with Gasteiger partial charge in [0.2, 0.25) is 0 Å². The number of aryl methyl sites for hydroxylation is 1. The molecule has 1 aliphatic rings. The van der Waals surface area contributed by atoms with Gasteiger partial charge in [0.25, 0.3) is 17.4 Å². The summed E-state index contributed by atoms with van der Waals surface area (Å²) in [4.78, 5) is 57.8. The fourth-order valence-electron chi connectivity index (χ4n) is 3.39. The Morgan fingerprint density at radius 2 is 1.74 bits per heavy atom. The molecule has 0 saturated heterocycles. The van der Waals surface area contributed by atoms with Gasteiger partial charge in [-0.25, -0.2) is 9.78 Å². The molecule has 0 radical (unpaired) electrons. The van der Waals surface area contributed by atoms with E-state index in [1.165, 1.54) is 19.1 Å². The number of carbonyl (C=O) groups excluding carboxylic acids is 3. The molecule has 1 aliphatic heterocycles. The summed E-state index contributed by atoms with van der Waals surface area (Å²) in [5, 5.41) is 0.673. The Morgan fingerprint density at radius 3 is 2.35 bits per heavy atom. The molecule has 0 unspecified atom stereocenters. The topological polar surface area (TPSA) is 109 Å². The SMILES string of the molecule is Cc1cccc2c(=O)[nH]c(COC(=O)[C@H](C)N3C(=O)c4cc(Cl)c(Cl)cc4C3=O)nc12. The number of aromatic nitrogens is 2. The summed E-state index contributed by atoms with van der Waals surface area (Å²) in [5.74, 6) is -2.03. The number of nitrogens with zero attached hydrogens (tertiary/aromatic N) is 2. The Bertz CT molecular complexity index is 1290. The van der Waals surface area contributed by atoms with Gasteiger partial charge in [-0.3, -0.25) is 19.3 Å². The first kappa shape index (κ1) is 21.0. The van der Waals surface area contributed by atoms with Crippen LogP contribution in [-0.4, -0.2) is 38.7 Å². The van der Waals surface area contributed by atoms with Crippen molar-refractivity contribution in [2.45, 2.75) is 26.5 Å². The molecule has 3 aromatic rings. The number of carbonyl (C=O) groups is 3. The van der Waals surface area contributed by atoms with Gasteiger partial charge in [0, 0.05) is 0 Å². The molecule has 0 aliphatic carbocycles. The number of halogens is 2. The van der Waals surface area contributed by atoms with Crippen LogP contribution in [-0.2, 0) is 16.1 Å². The molecule has 31 heavy (non-hydrogen) atoms. The number of rotatable bonds is 4. The number of aromatic amines is 1. The number of hydrogen-bond donors (Lipinski definition) is 1. The van der Waals surface area contributed by atoms with Crippen LogP contribution in [0, 0.1) is 6.92 Å². The van der Waals surface area contributed by atoms with Crippen molar-refractivity contribution >= 4 is 51.9 Å². The Labute approximate surface area is 185 Å². The third-order valence-electron chi connectivity index (χ3n) is 5.03. The number of nitrogens with one attached hydrogen (secondary N) is 1. The van der Waals surface area contributed by atoms with Crippen LogP contribution in [0.15, 0.2) is 35.1 Å². The largest absolute Gasteiger partial charge is 0.456 e. The lowest BCUT2D eigenvalue weighted by Crippen LogP contribution is -2.43. The average Bonchev–Trinajstić information content (AvgIpc) is 2.96. The van der Waals surface area contributed by atoms with E-state index in [1.54, 1.807) is 12.1 Å². The van der Waals surface area contributed by atoms with E-state index < -0.39 is 23.8 Å². The van der Waals surface area contributed by atoms with Crippen molar-refractivity contribution in [3.63, 3.8) is 0 Å². The molecule has 0 fully saturated rings. The van der Waals surface area contributed by atoms with E-state index in [-0.39, 0.29) is 39.2 Å². The second-order valence-electron chi connectivity index (χ2n) is 7.06. The number of imide groups is 1. The molecule has 0 bridgehead atoms. The third-order valence-corrected chi connectivity index (χ3v) is 5.75. The van der Waals surface area contributed by atoms with Crippen molar-refractivity contribution in [3.05, 3.63) is 73.2 Å². The number of para-hydroxylation sites is 1. The van der Waals surface area contributed by atoms with Crippen LogP contribution < -0.4 is 5.56 Å². The van der Waals surface area contributed by atoms with Gasteiger partial charge in [0.15, 0.2) is 0 Å². The minimum atomic E-state index is -1.21. The Balaban J connectivity index is 1.53. The molecule has 10 heteroatoms. The molecule has 1 N–H and O–H groups in total. The number of hydrogen-bond acceptors (Lipinski definition) is 6. The summed E-state index contributed by atoms with van der Waals surface area (Å²) in [6.07, 6.45) is 0. The molecule has 0 saturated carbocycles. The molecule has 2 amide bonds. The summed E-state index contributed by atoms with van der Waals surface area (Å²) >= 11 is 11.9. The van der Waals surface area contributed by atoms with Crippen molar-refractivity contribution in [1.82, 2.24) is 14.9 Å². The van der Waals surface area contributed by atoms with E-state index in [1.807, 2.05) is 13.0 Å². The van der Waals surface area contributed by atoms with Crippen LogP contribution in [0.4, 0.5) is 0 Å². The molecule has 2 heterocycles. The standard InChI is InChI=1S/C21H15Cl2N3O5/c1-9-4-3-5-11-17(9)24-16(25-18(11)27)8-31-21(30)10(2)26-19(28)12-6-14(22)15(23)7-13(12)20(26)29/h3-7,10H,8H2,1-2H3,(H,24,25,27)/t10-/m0/s1. The Hall–Kier alpha value is -3.23. The van der Waals surface area contributed by atoms with E-state index >= 15 is 0 Å². The lowest BCUT2D eigenvalue weighted by atomic mass is 10.1. The predicted molar refractivity (Wildman–Crippen MR) is 113 cm³/mol. The van der Waals surface area contributed by atoms with Gasteiger partial charge in [-0.05, 0) is 37.6 Å². The smallest absolute Gasteiger partial charge is 0.329 e. The molecular weight excluding hydrogens is 445 g/mol. The zero-order valence-corrected chi connectivity index (χ0v) is 17.9. The second kappa shape index (κ2) is 7.79. The number of ether oxygens (including phenoxy) is 1. The lowest BCUT2D eigenvalue weighted by Gasteiger charge is -2.20. The average molecular weight is 460 g/mol. The molecule has 0 spiro atoms. The lowest BCUT2D eigenvalue weighted by molar-refractivity contribution is -0.149. The van der Waals surface area contributed by atoms with Gasteiger partial charge in [0.05, 0.1) is 32.1 Å². The number of esters is 1. The second-order valence-corrected chi connectivity index (χ2v) is 7.87. The third kappa shape index (κ3) is 3.58. The highest BCUT2D eigenvalue weighted by Crippen LogP contribution is 2.32. The molecule has 1 aromatic heterocycles. The first-order chi connectivity index (χ1) is 14.7. The first-order valence-corrected chi connectivity index (χ1v) is 9.96. The van der Waals surface area contributed by atoms with Gasteiger partial charge < -0.3 is 9.72 Å².